The normalized spacial score (nSPS) is 10.3. The van der Waals surface area contributed by atoms with Crippen LogP contribution in [-0.4, -0.2) is 23.5 Å². The van der Waals surface area contributed by atoms with Crippen LogP contribution in [0.5, 0.6) is 0 Å². The Labute approximate surface area is 112 Å². The highest BCUT2D eigenvalue weighted by molar-refractivity contribution is 7.98. The molecule has 0 aliphatic rings. The number of nitro benzene ring substituents is 1. The van der Waals surface area contributed by atoms with E-state index in [9.17, 15) is 10.1 Å². The van der Waals surface area contributed by atoms with Crippen LogP contribution in [0.2, 0.25) is 0 Å². The third-order valence-electron chi connectivity index (χ3n) is 2.68. The fourth-order valence-electron chi connectivity index (χ4n) is 1.66. The van der Waals surface area contributed by atoms with Crippen LogP contribution >= 0.6 is 11.8 Å². The molecular weight excluding hydrogens is 248 g/mol. The van der Waals surface area contributed by atoms with Gasteiger partial charge in [-0.1, -0.05) is 12.8 Å². The first kappa shape index (κ1) is 14.8. The molecule has 0 atom stereocenters. The van der Waals surface area contributed by atoms with Crippen LogP contribution in [0.1, 0.15) is 25.7 Å². The molecule has 1 aromatic rings. The topological polar surface area (TPSA) is 55.2 Å². The van der Waals surface area contributed by atoms with E-state index in [1.54, 1.807) is 12.1 Å². The minimum atomic E-state index is -0.379. The first-order chi connectivity index (χ1) is 8.74. The molecule has 0 saturated heterocycles. The maximum atomic E-state index is 10.5. The van der Waals surface area contributed by atoms with Crippen molar-refractivity contribution in [3.8, 4) is 0 Å². The fourth-order valence-corrected chi connectivity index (χ4v) is 2.15. The Kier molecular flexibility index (Phi) is 7.25. The summed E-state index contributed by atoms with van der Waals surface area (Å²) in [6, 6.07) is 6.57. The Morgan fingerprint density at radius 1 is 1.17 bits per heavy atom. The molecule has 0 fully saturated rings. The first-order valence-electron chi connectivity index (χ1n) is 6.21. The summed E-state index contributed by atoms with van der Waals surface area (Å²) < 4.78 is 0. The van der Waals surface area contributed by atoms with Crippen molar-refractivity contribution >= 4 is 23.1 Å². The highest BCUT2D eigenvalue weighted by atomic mass is 32.2. The molecule has 1 rings (SSSR count). The molecule has 1 aromatic carbocycles. The van der Waals surface area contributed by atoms with Crippen molar-refractivity contribution in [1.29, 1.82) is 0 Å². The van der Waals surface area contributed by atoms with Gasteiger partial charge < -0.3 is 5.32 Å². The molecule has 0 heterocycles. The van der Waals surface area contributed by atoms with Crippen LogP contribution in [0.25, 0.3) is 0 Å². The summed E-state index contributed by atoms with van der Waals surface area (Å²) in [4.78, 5) is 10.1. The standard InChI is InChI=1S/C13H20N2O2S/c1-18-11-5-3-2-4-10-14-12-6-8-13(9-7-12)15(16)17/h6-9,14H,2-5,10-11H2,1H3. The number of thioether (sulfide) groups is 1. The molecule has 0 bridgehead atoms. The minimum absolute atomic E-state index is 0.137. The van der Waals surface area contributed by atoms with Gasteiger partial charge in [-0.05, 0) is 37.0 Å². The van der Waals surface area contributed by atoms with Crippen LogP contribution in [0, 0.1) is 10.1 Å². The van der Waals surface area contributed by atoms with Crippen LogP contribution in [0.4, 0.5) is 11.4 Å². The van der Waals surface area contributed by atoms with Crippen molar-refractivity contribution in [3.63, 3.8) is 0 Å². The third-order valence-corrected chi connectivity index (χ3v) is 3.38. The van der Waals surface area contributed by atoms with Gasteiger partial charge in [0.1, 0.15) is 0 Å². The summed E-state index contributed by atoms with van der Waals surface area (Å²) >= 11 is 1.90. The Morgan fingerprint density at radius 2 is 1.83 bits per heavy atom. The summed E-state index contributed by atoms with van der Waals surface area (Å²) in [6.45, 7) is 0.928. The average molecular weight is 268 g/mol. The van der Waals surface area contributed by atoms with Gasteiger partial charge in [-0.25, -0.2) is 0 Å². The molecule has 0 unspecified atom stereocenters. The monoisotopic (exact) mass is 268 g/mol. The fraction of sp³-hybridized carbons (Fsp3) is 0.538. The van der Waals surface area contributed by atoms with Crippen LogP contribution in [0.3, 0.4) is 0 Å². The molecule has 4 nitrogen and oxygen atoms in total. The van der Waals surface area contributed by atoms with E-state index in [0.29, 0.717) is 0 Å². The second kappa shape index (κ2) is 8.80. The van der Waals surface area contributed by atoms with E-state index in [0.717, 1.165) is 18.7 Å². The zero-order chi connectivity index (χ0) is 13.2. The van der Waals surface area contributed by atoms with Crippen molar-refractivity contribution < 1.29 is 4.92 Å². The highest BCUT2D eigenvalue weighted by Crippen LogP contribution is 2.15. The number of unbranched alkanes of at least 4 members (excludes halogenated alkanes) is 3. The van der Waals surface area contributed by atoms with Crippen molar-refractivity contribution in [3.05, 3.63) is 34.4 Å². The molecule has 0 aromatic heterocycles. The second-order valence-electron chi connectivity index (χ2n) is 4.14. The van der Waals surface area contributed by atoms with Gasteiger partial charge in [0.05, 0.1) is 4.92 Å². The number of nitrogens with zero attached hydrogens (tertiary/aromatic N) is 1. The molecule has 100 valence electrons. The van der Waals surface area contributed by atoms with E-state index in [1.807, 2.05) is 11.8 Å². The quantitative estimate of drug-likeness (QED) is 0.419. The van der Waals surface area contributed by atoms with E-state index in [1.165, 1.54) is 37.1 Å². The number of hydrogen-bond acceptors (Lipinski definition) is 4. The highest BCUT2D eigenvalue weighted by Gasteiger charge is 2.02. The Balaban J connectivity index is 2.14. The van der Waals surface area contributed by atoms with Crippen LogP contribution < -0.4 is 5.32 Å². The van der Waals surface area contributed by atoms with E-state index in [-0.39, 0.29) is 10.6 Å². The summed E-state index contributed by atoms with van der Waals surface area (Å²) in [5.74, 6) is 1.25. The molecule has 0 aliphatic heterocycles. The zero-order valence-electron chi connectivity index (χ0n) is 10.7. The molecule has 0 spiro atoms. The maximum absolute atomic E-state index is 10.5. The predicted octanol–water partition coefficient (Wildman–Crippen LogP) is 3.93. The SMILES string of the molecule is CSCCCCCCNc1ccc([N+](=O)[O-])cc1. The molecule has 5 heteroatoms. The van der Waals surface area contributed by atoms with Gasteiger partial charge in [-0.2, -0.15) is 11.8 Å². The van der Waals surface area contributed by atoms with Gasteiger partial charge in [0.25, 0.3) is 5.69 Å². The van der Waals surface area contributed by atoms with E-state index >= 15 is 0 Å². The Bertz CT molecular complexity index is 355. The number of non-ortho nitro benzene ring substituents is 1. The zero-order valence-corrected chi connectivity index (χ0v) is 11.5. The lowest BCUT2D eigenvalue weighted by Crippen LogP contribution is -2.01. The van der Waals surface area contributed by atoms with Gasteiger partial charge in [-0.3, -0.25) is 10.1 Å². The summed E-state index contributed by atoms with van der Waals surface area (Å²) in [7, 11) is 0. The van der Waals surface area contributed by atoms with Gasteiger partial charge in [0, 0.05) is 24.4 Å². The van der Waals surface area contributed by atoms with Crippen molar-refractivity contribution in [2.45, 2.75) is 25.7 Å². The predicted molar refractivity (Wildman–Crippen MR) is 78.4 cm³/mol. The Morgan fingerprint density at radius 3 is 2.44 bits per heavy atom. The van der Waals surface area contributed by atoms with E-state index in [4.69, 9.17) is 0 Å². The third kappa shape index (κ3) is 5.91. The lowest BCUT2D eigenvalue weighted by Gasteiger charge is -2.05. The number of nitrogens with one attached hydrogen (secondary N) is 1. The molecule has 1 N–H and O–H groups in total. The number of nitro groups is 1. The largest absolute Gasteiger partial charge is 0.385 e. The first-order valence-corrected chi connectivity index (χ1v) is 7.60. The average Bonchev–Trinajstić information content (AvgIpc) is 2.38. The van der Waals surface area contributed by atoms with Crippen LogP contribution in [-0.2, 0) is 0 Å². The van der Waals surface area contributed by atoms with Gasteiger partial charge in [-0.15, -0.1) is 0 Å². The van der Waals surface area contributed by atoms with Gasteiger partial charge in [0.15, 0.2) is 0 Å². The molecule has 0 aliphatic carbocycles. The van der Waals surface area contributed by atoms with Crippen LogP contribution in [0.15, 0.2) is 24.3 Å². The Hall–Kier alpha value is -1.23. The number of benzene rings is 1. The second-order valence-corrected chi connectivity index (χ2v) is 5.12. The summed E-state index contributed by atoms with van der Waals surface area (Å²) in [5.41, 5.74) is 1.09. The molecular formula is C13H20N2O2S. The maximum Gasteiger partial charge on any atom is 0.269 e. The summed E-state index contributed by atoms with van der Waals surface area (Å²) in [6.07, 6.45) is 7.09. The minimum Gasteiger partial charge on any atom is -0.385 e. The van der Waals surface area contributed by atoms with E-state index < -0.39 is 0 Å². The number of rotatable bonds is 9. The lowest BCUT2D eigenvalue weighted by molar-refractivity contribution is -0.384. The summed E-state index contributed by atoms with van der Waals surface area (Å²) in [5, 5.41) is 13.8. The van der Waals surface area contributed by atoms with Crippen molar-refractivity contribution in [2.75, 3.05) is 23.9 Å². The smallest absolute Gasteiger partial charge is 0.269 e. The lowest BCUT2D eigenvalue weighted by atomic mass is 10.2. The molecule has 18 heavy (non-hydrogen) atoms. The number of hydrogen-bond donors (Lipinski definition) is 1. The molecule has 0 amide bonds. The van der Waals surface area contributed by atoms with Gasteiger partial charge >= 0.3 is 0 Å². The molecule has 0 saturated carbocycles. The number of anilines is 1. The van der Waals surface area contributed by atoms with Crippen molar-refractivity contribution in [1.82, 2.24) is 0 Å². The van der Waals surface area contributed by atoms with E-state index in [2.05, 4.69) is 11.6 Å². The van der Waals surface area contributed by atoms with Crippen molar-refractivity contribution in [2.24, 2.45) is 0 Å². The van der Waals surface area contributed by atoms with Gasteiger partial charge in [0.2, 0.25) is 0 Å². The molecule has 0 radical (unpaired) electrons.